The van der Waals surface area contributed by atoms with Gasteiger partial charge in [0, 0.05) is 34.6 Å². The molecule has 10 rings (SSSR count). The Morgan fingerprint density at radius 1 is 0.455 bits per heavy atom. The molecule has 2 aromatic heterocycles. The summed E-state index contributed by atoms with van der Waals surface area (Å²) in [6.07, 6.45) is 2.87. The number of rotatable bonds is 2. The Morgan fingerprint density at radius 3 is 1.68 bits per heavy atom. The highest BCUT2D eigenvalue weighted by Crippen LogP contribution is 2.44. The van der Waals surface area contributed by atoms with E-state index in [1.807, 2.05) is 6.20 Å². The molecule has 0 spiro atoms. The molecule has 0 radical (unpaired) electrons. The lowest BCUT2D eigenvalue weighted by molar-refractivity contribution is 1.17. The van der Waals surface area contributed by atoms with Gasteiger partial charge in [-0.1, -0.05) is 103 Å². The maximum Gasteiger partial charge on any atom is 0.0743 e. The molecule has 0 fully saturated rings. The Kier molecular flexibility index (Phi) is 4.81. The summed E-state index contributed by atoms with van der Waals surface area (Å²) in [4.78, 5) is 5.00. The zero-order valence-corrected chi connectivity index (χ0v) is 24.0. The van der Waals surface area contributed by atoms with Gasteiger partial charge in [0.1, 0.15) is 0 Å². The highest BCUT2D eigenvalue weighted by Gasteiger charge is 2.24. The zero-order valence-electron chi connectivity index (χ0n) is 24.0. The summed E-state index contributed by atoms with van der Waals surface area (Å²) in [6, 6.07) is 51.1. The molecule has 1 aliphatic rings. The molecule has 0 atom stereocenters. The van der Waals surface area contributed by atoms with Crippen LogP contribution in [0.5, 0.6) is 0 Å². The lowest BCUT2D eigenvalue weighted by Gasteiger charge is -2.13. The molecule has 2 heterocycles. The van der Waals surface area contributed by atoms with Crippen molar-refractivity contribution in [2.24, 2.45) is 0 Å². The van der Waals surface area contributed by atoms with Crippen LogP contribution in [0.15, 0.2) is 146 Å². The lowest BCUT2D eigenvalue weighted by Crippen LogP contribution is -1.94. The fourth-order valence-corrected chi connectivity index (χ4v) is 7.73. The van der Waals surface area contributed by atoms with Crippen LogP contribution in [0.4, 0.5) is 0 Å². The predicted molar refractivity (Wildman–Crippen MR) is 185 cm³/mol. The molecule has 0 unspecified atom stereocenters. The highest BCUT2D eigenvalue weighted by atomic mass is 15.0. The third-order valence-electron chi connectivity index (χ3n) is 9.66. The van der Waals surface area contributed by atoms with E-state index in [1.54, 1.807) is 0 Å². The van der Waals surface area contributed by atoms with E-state index in [0.29, 0.717) is 0 Å². The predicted octanol–water partition coefficient (Wildman–Crippen LogP) is 10.9. The number of pyridine rings is 1. The summed E-state index contributed by atoms with van der Waals surface area (Å²) >= 11 is 0. The quantitative estimate of drug-likeness (QED) is 0.193. The number of fused-ring (bicyclic) bond motifs is 12. The average Bonchev–Trinajstić information content (AvgIpc) is 3.64. The lowest BCUT2D eigenvalue weighted by atomic mass is 9.92. The van der Waals surface area contributed by atoms with Crippen molar-refractivity contribution in [1.29, 1.82) is 0 Å². The van der Waals surface area contributed by atoms with E-state index in [2.05, 4.69) is 144 Å². The molecule has 0 N–H and O–H groups in total. The van der Waals surface area contributed by atoms with Crippen molar-refractivity contribution in [3.05, 3.63) is 157 Å². The topological polar surface area (TPSA) is 17.8 Å². The number of hydrogen-bond donors (Lipinski definition) is 0. The minimum atomic E-state index is 0.887. The first-order valence-electron chi connectivity index (χ1n) is 15.3. The molecular weight excluding hydrogens is 532 g/mol. The van der Waals surface area contributed by atoms with Crippen LogP contribution in [0.1, 0.15) is 11.1 Å². The van der Waals surface area contributed by atoms with Gasteiger partial charge in [-0.05, 0) is 91.0 Å². The largest absolute Gasteiger partial charge is 0.309 e. The molecule has 204 valence electrons. The van der Waals surface area contributed by atoms with E-state index in [9.17, 15) is 0 Å². The molecule has 44 heavy (non-hydrogen) atoms. The van der Waals surface area contributed by atoms with Gasteiger partial charge >= 0.3 is 0 Å². The maximum atomic E-state index is 5.00. The average molecular weight is 559 g/mol. The van der Waals surface area contributed by atoms with Crippen LogP contribution in [-0.4, -0.2) is 9.55 Å². The van der Waals surface area contributed by atoms with E-state index in [0.717, 1.165) is 12.1 Å². The Balaban J connectivity index is 1.16. The molecular formula is C42H26N2. The molecule has 7 aromatic carbocycles. The minimum Gasteiger partial charge on any atom is -0.309 e. The number of aromatic nitrogens is 2. The Labute approximate surface area is 254 Å². The standard InChI is InChI=1S/C42H26N2/c1-2-11-31-29(9-1)30-10-3-4-12-32(30)38-24-27(18-20-33(31)38)42-39-23-26-17-19-28(25-37(26)34(39)21-22-43-42)44-40-15-7-5-13-35(40)36-14-6-8-16-41(36)44/h1-22,24-25H,23H2. The van der Waals surface area contributed by atoms with Gasteiger partial charge in [0.2, 0.25) is 0 Å². The molecule has 1 aliphatic carbocycles. The van der Waals surface area contributed by atoms with Crippen LogP contribution in [0.2, 0.25) is 0 Å². The Bertz CT molecular complexity index is 2550. The Morgan fingerprint density at radius 2 is 1.02 bits per heavy atom. The van der Waals surface area contributed by atoms with E-state index in [4.69, 9.17) is 4.98 Å². The third-order valence-corrected chi connectivity index (χ3v) is 9.66. The molecule has 9 aromatic rings. The van der Waals surface area contributed by atoms with Gasteiger partial charge in [0.25, 0.3) is 0 Å². The van der Waals surface area contributed by atoms with Crippen molar-refractivity contribution in [1.82, 2.24) is 9.55 Å². The first-order valence-corrected chi connectivity index (χ1v) is 15.3. The number of nitrogens with zero attached hydrogens (tertiary/aromatic N) is 2. The van der Waals surface area contributed by atoms with E-state index < -0.39 is 0 Å². The Hall–Kier alpha value is -5.73. The fraction of sp³-hybridized carbons (Fsp3) is 0.0238. The molecule has 0 saturated heterocycles. The van der Waals surface area contributed by atoms with Crippen molar-refractivity contribution < 1.29 is 0 Å². The van der Waals surface area contributed by atoms with Gasteiger partial charge in [-0.3, -0.25) is 4.98 Å². The van der Waals surface area contributed by atoms with Crippen LogP contribution in [0.3, 0.4) is 0 Å². The van der Waals surface area contributed by atoms with Gasteiger partial charge in [0.15, 0.2) is 0 Å². The van der Waals surface area contributed by atoms with Crippen LogP contribution in [0.25, 0.3) is 82.2 Å². The molecule has 0 saturated carbocycles. The monoisotopic (exact) mass is 558 g/mol. The van der Waals surface area contributed by atoms with E-state index in [1.165, 1.54) is 87.6 Å². The van der Waals surface area contributed by atoms with E-state index >= 15 is 0 Å². The molecule has 0 amide bonds. The number of benzene rings is 7. The molecule has 2 heteroatoms. The summed E-state index contributed by atoms with van der Waals surface area (Å²) in [5.41, 5.74) is 11.2. The van der Waals surface area contributed by atoms with Gasteiger partial charge in [-0.2, -0.15) is 0 Å². The van der Waals surface area contributed by atoms with Crippen LogP contribution < -0.4 is 0 Å². The normalized spacial score (nSPS) is 12.5. The van der Waals surface area contributed by atoms with Crippen LogP contribution >= 0.6 is 0 Å². The first-order chi connectivity index (χ1) is 21.8. The smallest absolute Gasteiger partial charge is 0.0743 e. The summed E-state index contributed by atoms with van der Waals surface area (Å²) < 4.78 is 2.41. The van der Waals surface area contributed by atoms with Gasteiger partial charge in [0.05, 0.1) is 16.7 Å². The number of para-hydroxylation sites is 2. The van der Waals surface area contributed by atoms with Crippen molar-refractivity contribution in [2.75, 3.05) is 0 Å². The summed E-state index contributed by atoms with van der Waals surface area (Å²) in [7, 11) is 0. The van der Waals surface area contributed by atoms with Crippen molar-refractivity contribution in [2.45, 2.75) is 6.42 Å². The fourth-order valence-electron chi connectivity index (χ4n) is 7.73. The maximum absolute atomic E-state index is 5.00. The zero-order chi connectivity index (χ0) is 28.8. The van der Waals surface area contributed by atoms with Crippen molar-refractivity contribution in [3.63, 3.8) is 0 Å². The third kappa shape index (κ3) is 3.23. The molecule has 0 aliphatic heterocycles. The SMILES string of the molecule is c1ccc2c(c1)c1ccccc1c1cc(-c3nccc4c3Cc3ccc(-n5c6ccccc6c6ccccc65)cc3-4)ccc21. The van der Waals surface area contributed by atoms with Gasteiger partial charge in [-0.15, -0.1) is 0 Å². The second kappa shape index (κ2) is 8.89. The summed E-state index contributed by atoms with van der Waals surface area (Å²) in [5, 5.41) is 10.3. The molecule has 0 bridgehead atoms. The van der Waals surface area contributed by atoms with E-state index in [-0.39, 0.29) is 0 Å². The van der Waals surface area contributed by atoms with Gasteiger partial charge < -0.3 is 4.57 Å². The first kappa shape index (κ1) is 23.8. The van der Waals surface area contributed by atoms with Gasteiger partial charge in [-0.25, -0.2) is 0 Å². The molecule has 2 nitrogen and oxygen atoms in total. The minimum absolute atomic E-state index is 0.887. The van der Waals surface area contributed by atoms with Crippen molar-refractivity contribution in [3.8, 4) is 28.1 Å². The second-order valence-electron chi connectivity index (χ2n) is 11.9. The summed E-state index contributed by atoms with van der Waals surface area (Å²) in [6.45, 7) is 0. The van der Waals surface area contributed by atoms with Crippen LogP contribution in [-0.2, 0) is 6.42 Å². The summed E-state index contributed by atoms with van der Waals surface area (Å²) in [5.74, 6) is 0. The number of hydrogen-bond acceptors (Lipinski definition) is 1. The second-order valence-corrected chi connectivity index (χ2v) is 11.9. The highest BCUT2D eigenvalue weighted by molar-refractivity contribution is 6.25. The van der Waals surface area contributed by atoms with Crippen molar-refractivity contribution >= 4 is 54.1 Å². The van der Waals surface area contributed by atoms with Crippen LogP contribution in [0, 0.1) is 0 Å².